The molecule has 0 aliphatic carbocycles. The zero-order chi connectivity index (χ0) is 54.4. The Labute approximate surface area is 466 Å². The van der Waals surface area contributed by atoms with E-state index in [1.807, 2.05) is 56.0 Å². The van der Waals surface area contributed by atoms with Gasteiger partial charge in [-0.25, -0.2) is 19.9 Å². The monoisotopic (exact) mass is 1070 g/mol. The van der Waals surface area contributed by atoms with E-state index in [1.54, 1.807) is 10.9 Å². The maximum atomic E-state index is 10.4. The Morgan fingerprint density at radius 2 is 1.24 bits per heavy atom. The van der Waals surface area contributed by atoms with Crippen LogP contribution in [0, 0.1) is 0 Å². The van der Waals surface area contributed by atoms with Crippen LogP contribution >= 0.6 is 0 Å². The number of benzene rings is 4. The van der Waals surface area contributed by atoms with E-state index in [4.69, 9.17) is 44.9 Å². The minimum atomic E-state index is -0.418. The fraction of sp³-hybridized carbons (Fsp3) is 0.367. The number of nitrogens with zero attached hydrogens (tertiary/aromatic N) is 16. The molecule has 80 heavy (non-hydrogen) atoms. The van der Waals surface area contributed by atoms with Gasteiger partial charge in [-0.15, -0.1) is 15.0 Å². The predicted molar refractivity (Wildman–Crippen MR) is 311 cm³/mol. The lowest BCUT2D eigenvalue weighted by atomic mass is 9.99. The highest BCUT2D eigenvalue weighted by Gasteiger charge is 2.32. The van der Waals surface area contributed by atoms with Crippen molar-refractivity contribution < 1.29 is 14.8 Å². The Kier molecular flexibility index (Phi) is 15.6. The van der Waals surface area contributed by atoms with E-state index in [-0.39, 0.29) is 12.1 Å². The van der Waals surface area contributed by atoms with Crippen molar-refractivity contribution in [2.24, 2.45) is 0 Å². The predicted octanol–water partition coefficient (Wildman–Crippen LogP) is 5.93. The molecule has 8 heterocycles. The molecule has 410 valence electrons. The number of rotatable bonds is 16. The number of aromatic nitrogens is 10. The first-order valence-corrected chi connectivity index (χ1v) is 28.0. The van der Waals surface area contributed by atoms with E-state index in [0.717, 1.165) is 79.9 Å². The van der Waals surface area contributed by atoms with Crippen LogP contribution in [-0.2, 0) is 25.8 Å². The topological polar surface area (TPSA) is 204 Å². The standard InChI is InChI=1S/C60H68N18O2/c1-42-37-76(28-29-77(42)56-63-35-47(36-64-56)31-45-12-7-4-8-13-45)58-68-54(66-50-17-19-52(20-18-50)75-22-9-14-53(80)40-75)69-60(71-58)78-41-65-57(70-59(78)67-51-16-15-48-21-23-72(38-43(2)79)39-49(48)32-51)74-26-24-73(25-27-74)55-61-33-46(34-62-55)30-44-10-5-3-6-11-44/h3-8,10-13,15-20,32-36,41-43,53,79-80H,9,14,21-31,37-40H2,1-2H3,(H,66,68,69,71)/p+1. The van der Waals surface area contributed by atoms with Gasteiger partial charge in [0.15, 0.2) is 6.33 Å². The van der Waals surface area contributed by atoms with Crippen molar-refractivity contribution in [2.45, 2.75) is 70.7 Å². The smallest absolute Gasteiger partial charge is 0.348 e. The van der Waals surface area contributed by atoms with Crippen molar-refractivity contribution in [1.29, 1.82) is 0 Å². The second kappa shape index (κ2) is 23.9. The van der Waals surface area contributed by atoms with Gasteiger partial charge < -0.3 is 40.0 Å². The number of β-amino-alcohol motifs (C(OH)–C–C–N with tert-alkyl or cyclic N) is 2. The number of piperidine rings is 1. The molecule has 12 rings (SSSR count). The number of hydrogen-bond acceptors (Lipinski definition) is 19. The zero-order valence-corrected chi connectivity index (χ0v) is 45.5. The molecule has 4 aromatic carbocycles. The summed E-state index contributed by atoms with van der Waals surface area (Å²) in [6, 6.07) is 35.4. The van der Waals surface area contributed by atoms with Gasteiger partial charge in [0.25, 0.3) is 11.9 Å². The van der Waals surface area contributed by atoms with Crippen LogP contribution in [0.1, 0.15) is 60.1 Å². The SMILES string of the molecule is CC(O)CN1CCc2ccc(Nc3nc(N4CCN(c5ncc(Cc6ccccc6)cn5)CC4)nc[n+]3-c3nc(Nc4ccc(N5CCCC(O)C5)cc4)nc(N4CCN(c5ncc(Cc6ccccc6)cn5)C(C)C4)n3)cc2C1. The Balaban J connectivity index is 0.842. The van der Waals surface area contributed by atoms with Gasteiger partial charge in [0, 0.05) is 134 Å². The van der Waals surface area contributed by atoms with Crippen LogP contribution in [0.15, 0.2) is 134 Å². The summed E-state index contributed by atoms with van der Waals surface area (Å²) >= 11 is 0. The summed E-state index contributed by atoms with van der Waals surface area (Å²) < 4.78 is 1.80. The number of fused-ring (bicyclic) bond motifs is 1. The molecular weight excluding hydrogens is 1000 g/mol. The van der Waals surface area contributed by atoms with Crippen LogP contribution < -0.4 is 39.7 Å². The quantitative estimate of drug-likeness (QED) is 0.0829. The zero-order valence-electron chi connectivity index (χ0n) is 45.5. The van der Waals surface area contributed by atoms with Gasteiger partial charge >= 0.3 is 17.8 Å². The summed E-state index contributed by atoms with van der Waals surface area (Å²) in [5, 5.41) is 27.9. The number of aliphatic hydroxyl groups is 2. The van der Waals surface area contributed by atoms with E-state index in [1.165, 1.54) is 22.3 Å². The minimum Gasteiger partial charge on any atom is -0.392 e. The third kappa shape index (κ3) is 12.5. The molecule has 4 N–H and O–H groups in total. The molecule has 3 unspecified atom stereocenters. The van der Waals surface area contributed by atoms with Gasteiger partial charge in [0.2, 0.25) is 11.9 Å². The van der Waals surface area contributed by atoms with Crippen molar-refractivity contribution in [2.75, 3.05) is 107 Å². The summed E-state index contributed by atoms with van der Waals surface area (Å²) in [5.74, 6) is 3.64. The van der Waals surface area contributed by atoms with E-state index >= 15 is 0 Å². The van der Waals surface area contributed by atoms with Crippen LogP contribution in [0.4, 0.5) is 52.8 Å². The largest absolute Gasteiger partial charge is 0.392 e. The Morgan fingerprint density at radius 1 is 0.588 bits per heavy atom. The molecule has 0 spiro atoms. The number of piperazine rings is 2. The average Bonchev–Trinajstić information content (AvgIpc) is 3.51. The maximum absolute atomic E-state index is 10.4. The molecule has 0 amide bonds. The van der Waals surface area contributed by atoms with Gasteiger partial charge in [-0.2, -0.15) is 9.55 Å². The number of nitrogens with one attached hydrogen (secondary N) is 2. The van der Waals surface area contributed by atoms with Crippen LogP contribution in [0.2, 0.25) is 0 Å². The summed E-state index contributed by atoms with van der Waals surface area (Å²) in [6.07, 6.45) is 13.0. The third-order valence-electron chi connectivity index (χ3n) is 15.4. The van der Waals surface area contributed by atoms with Crippen LogP contribution in [-0.4, -0.2) is 150 Å². The Morgan fingerprint density at radius 3 is 1.90 bits per heavy atom. The molecule has 4 aliphatic rings. The first-order valence-electron chi connectivity index (χ1n) is 28.0. The van der Waals surface area contributed by atoms with Crippen LogP contribution in [0.25, 0.3) is 5.95 Å². The molecule has 3 fully saturated rings. The lowest BCUT2D eigenvalue weighted by Crippen LogP contribution is -2.53. The number of hydrogen-bond donors (Lipinski definition) is 4. The summed E-state index contributed by atoms with van der Waals surface area (Å²) in [7, 11) is 0. The fourth-order valence-corrected chi connectivity index (χ4v) is 11.2. The molecule has 20 nitrogen and oxygen atoms in total. The van der Waals surface area contributed by atoms with E-state index in [9.17, 15) is 10.2 Å². The minimum absolute atomic E-state index is 0.0280. The first-order chi connectivity index (χ1) is 39.2. The molecule has 4 aromatic heterocycles. The molecule has 3 saturated heterocycles. The molecule has 3 atom stereocenters. The maximum Gasteiger partial charge on any atom is 0.348 e. The van der Waals surface area contributed by atoms with E-state index in [2.05, 4.69) is 126 Å². The lowest BCUT2D eigenvalue weighted by Gasteiger charge is -2.39. The molecule has 0 bridgehead atoms. The van der Waals surface area contributed by atoms with Crippen molar-refractivity contribution in [3.05, 3.63) is 168 Å². The highest BCUT2D eigenvalue weighted by atomic mass is 16.3. The van der Waals surface area contributed by atoms with Crippen LogP contribution in [0.3, 0.4) is 0 Å². The van der Waals surface area contributed by atoms with Gasteiger partial charge in [-0.1, -0.05) is 71.7 Å². The van der Waals surface area contributed by atoms with E-state index in [0.29, 0.717) is 101 Å². The fourth-order valence-electron chi connectivity index (χ4n) is 11.2. The lowest BCUT2D eigenvalue weighted by molar-refractivity contribution is -0.594. The molecule has 0 radical (unpaired) electrons. The average molecular weight is 1070 g/mol. The Bertz CT molecular complexity index is 3330. The van der Waals surface area contributed by atoms with Gasteiger partial charge in [0.1, 0.15) is 0 Å². The van der Waals surface area contributed by atoms with Crippen molar-refractivity contribution >= 4 is 52.8 Å². The third-order valence-corrected chi connectivity index (χ3v) is 15.4. The number of anilines is 9. The molecule has 0 saturated carbocycles. The highest BCUT2D eigenvalue weighted by molar-refractivity contribution is 5.61. The summed E-state index contributed by atoms with van der Waals surface area (Å²) in [6.45, 7) is 12.3. The highest BCUT2D eigenvalue weighted by Crippen LogP contribution is 2.28. The molecule has 8 aromatic rings. The summed E-state index contributed by atoms with van der Waals surface area (Å²) in [5.41, 5.74) is 9.79. The van der Waals surface area contributed by atoms with Gasteiger partial charge in [-0.3, -0.25) is 10.2 Å². The first kappa shape index (κ1) is 52.3. The molecule has 20 heteroatoms. The molecule has 4 aliphatic heterocycles. The van der Waals surface area contributed by atoms with Crippen molar-refractivity contribution in [3.63, 3.8) is 0 Å². The van der Waals surface area contributed by atoms with Crippen LogP contribution in [0.5, 0.6) is 0 Å². The molecular formula is C60H69N18O2+. The normalized spacial score (nSPS) is 18.2. The van der Waals surface area contributed by atoms with Gasteiger partial charge in [-0.05, 0) is 103 Å². The summed E-state index contributed by atoms with van der Waals surface area (Å²) in [4.78, 5) is 58.3. The van der Waals surface area contributed by atoms with Gasteiger partial charge in [0.05, 0.1) is 17.9 Å². The van der Waals surface area contributed by atoms with Crippen molar-refractivity contribution in [3.8, 4) is 5.95 Å². The number of aliphatic hydroxyl groups excluding tert-OH is 2. The second-order valence-electron chi connectivity index (χ2n) is 21.5. The van der Waals surface area contributed by atoms with Crippen molar-refractivity contribution in [1.82, 2.24) is 49.8 Å². The second-order valence-corrected chi connectivity index (χ2v) is 21.5. The van der Waals surface area contributed by atoms with E-state index < -0.39 is 6.10 Å². The Hall–Kier alpha value is -8.46.